The van der Waals surface area contributed by atoms with E-state index >= 15 is 0 Å². The third-order valence-corrected chi connectivity index (χ3v) is 7.17. The monoisotopic (exact) mass is 428 g/mol. The molecular formula is C31H28N2. The van der Waals surface area contributed by atoms with Gasteiger partial charge in [-0.1, -0.05) is 79.2 Å². The molecule has 2 atom stereocenters. The number of anilines is 3. The van der Waals surface area contributed by atoms with Gasteiger partial charge in [0.1, 0.15) is 0 Å². The van der Waals surface area contributed by atoms with Crippen LogP contribution >= 0.6 is 0 Å². The SMILES string of the molecule is Nc1ccc2c(c1)C1CCCC1N2c1ccc(C=C(c2ccccc2)c2ccccc2)cc1. The maximum atomic E-state index is 6.13. The molecule has 2 heteroatoms. The largest absolute Gasteiger partial charge is 0.399 e. The van der Waals surface area contributed by atoms with Crippen LogP contribution in [0.5, 0.6) is 0 Å². The van der Waals surface area contributed by atoms with E-state index in [1.165, 1.54) is 58.5 Å². The van der Waals surface area contributed by atoms with Crippen molar-refractivity contribution in [2.24, 2.45) is 0 Å². The molecule has 4 aromatic carbocycles. The molecule has 0 amide bonds. The highest BCUT2D eigenvalue weighted by Gasteiger charge is 2.41. The second kappa shape index (κ2) is 8.29. The molecule has 2 nitrogen and oxygen atoms in total. The maximum absolute atomic E-state index is 6.13. The predicted molar refractivity (Wildman–Crippen MR) is 140 cm³/mol. The Morgan fingerprint density at radius 3 is 2.09 bits per heavy atom. The van der Waals surface area contributed by atoms with Crippen LogP contribution in [0, 0.1) is 0 Å². The fourth-order valence-electron chi connectivity index (χ4n) is 5.68. The lowest BCUT2D eigenvalue weighted by Crippen LogP contribution is -2.26. The zero-order valence-electron chi connectivity index (χ0n) is 18.7. The van der Waals surface area contributed by atoms with Crippen molar-refractivity contribution in [3.05, 3.63) is 125 Å². The van der Waals surface area contributed by atoms with Gasteiger partial charge in [0.15, 0.2) is 0 Å². The number of rotatable bonds is 4. The normalized spacial score (nSPS) is 18.6. The van der Waals surface area contributed by atoms with Gasteiger partial charge in [0.2, 0.25) is 0 Å². The van der Waals surface area contributed by atoms with Gasteiger partial charge in [-0.2, -0.15) is 0 Å². The number of nitrogens with zero attached hydrogens (tertiary/aromatic N) is 1. The predicted octanol–water partition coefficient (Wildman–Crippen LogP) is 7.65. The standard InChI is InChI=1S/C31H28N2/c32-25-16-19-31-29(21-25)27-12-7-13-30(27)33(31)26-17-14-22(15-18-26)20-28(23-8-3-1-4-9-23)24-10-5-2-6-11-24/h1-6,8-11,14-21,27,30H,7,12-13,32H2. The van der Waals surface area contributed by atoms with Gasteiger partial charge in [-0.05, 0) is 77.1 Å². The minimum atomic E-state index is 0.549. The highest BCUT2D eigenvalue weighted by molar-refractivity contribution is 5.91. The maximum Gasteiger partial charge on any atom is 0.0451 e. The Morgan fingerprint density at radius 1 is 0.758 bits per heavy atom. The van der Waals surface area contributed by atoms with Crippen molar-refractivity contribution in [2.45, 2.75) is 31.2 Å². The Morgan fingerprint density at radius 2 is 1.42 bits per heavy atom. The highest BCUT2D eigenvalue weighted by Crippen LogP contribution is 2.52. The minimum Gasteiger partial charge on any atom is -0.399 e. The molecule has 2 unspecified atom stereocenters. The van der Waals surface area contributed by atoms with Gasteiger partial charge in [0.05, 0.1) is 0 Å². The van der Waals surface area contributed by atoms with Crippen molar-refractivity contribution >= 4 is 28.7 Å². The average molecular weight is 429 g/mol. The Hall–Kier alpha value is -3.78. The van der Waals surface area contributed by atoms with Crippen LogP contribution in [-0.2, 0) is 0 Å². The Bertz CT molecular complexity index is 1250. The fourth-order valence-corrected chi connectivity index (χ4v) is 5.68. The summed E-state index contributed by atoms with van der Waals surface area (Å²) in [5, 5.41) is 0. The first-order chi connectivity index (χ1) is 16.3. The topological polar surface area (TPSA) is 29.3 Å². The summed E-state index contributed by atoms with van der Waals surface area (Å²) in [6.45, 7) is 0. The molecule has 1 saturated carbocycles. The van der Waals surface area contributed by atoms with Crippen LogP contribution in [0.15, 0.2) is 103 Å². The van der Waals surface area contributed by atoms with Crippen LogP contribution in [0.4, 0.5) is 17.1 Å². The second-order valence-electron chi connectivity index (χ2n) is 9.17. The van der Waals surface area contributed by atoms with Crippen LogP contribution in [0.25, 0.3) is 11.6 Å². The highest BCUT2D eigenvalue weighted by atomic mass is 15.2. The summed E-state index contributed by atoms with van der Waals surface area (Å²) in [5.74, 6) is 0.603. The average Bonchev–Trinajstić information content (AvgIpc) is 3.45. The third kappa shape index (κ3) is 3.62. The van der Waals surface area contributed by atoms with E-state index in [2.05, 4.69) is 108 Å². The Balaban J connectivity index is 1.37. The number of hydrogen-bond donors (Lipinski definition) is 1. The van der Waals surface area contributed by atoms with E-state index in [0.29, 0.717) is 12.0 Å². The van der Waals surface area contributed by atoms with Gasteiger partial charge >= 0.3 is 0 Å². The van der Waals surface area contributed by atoms with E-state index in [-0.39, 0.29) is 0 Å². The molecule has 0 aromatic heterocycles. The van der Waals surface area contributed by atoms with Crippen molar-refractivity contribution < 1.29 is 0 Å². The fraction of sp³-hybridized carbons (Fsp3) is 0.161. The molecule has 1 heterocycles. The Kier molecular flexibility index (Phi) is 4.99. The lowest BCUT2D eigenvalue weighted by Gasteiger charge is -2.27. The van der Waals surface area contributed by atoms with Crippen LogP contribution < -0.4 is 10.6 Å². The molecule has 0 spiro atoms. The first-order valence-corrected chi connectivity index (χ1v) is 11.9. The second-order valence-corrected chi connectivity index (χ2v) is 9.17. The molecule has 1 aliphatic carbocycles. The summed E-state index contributed by atoms with van der Waals surface area (Å²) in [5.41, 5.74) is 15.9. The minimum absolute atomic E-state index is 0.549. The van der Waals surface area contributed by atoms with E-state index in [1.54, 1.807) is 0 Å². The number of nitrogens with two attached hydrogens (primary N) is 1. The molecule has 1 fully saturated rings. The number of benzene rings is 4. The molecule has 0 saturated heterocycles. The van der Waals surface area contributed by atoms with E-state index in [4.69, 9.17) is 5.73 Å². The van der Waals surface area contributed by atoms with Crippen LogP contribution in [0.1, 0.15) is 47.4 Å². The summed E-state index contributed by atoms with van der Waals surface area (Å²) in [6.07, 6.45) is 6.09. The van der Waals surface area contributed by atoms with Gasteiger partial charge in [0.25, 0.3) is 0 Å². The first-order valence-electron chi connectivity index (χ1n) is 11.9. The lowest BCUT2D eigenvalue weighted by atomic mass is 9.95. The van der Waals surface area contributed by atoms with E-state index in [0.717, 1.165) is 5.69 Å². The molecule has 6 rings (SSSR count). The van der Waals surface area contributed by atoms with E-state index in [9.17, 15) is 0 Å². The summed E-state index contributed by atoms with van der Waals surface area (Å²) in [4.78, 5) is 2.55. The van der Waals surface area contributed by atoms with Gasteiger partial charge in [-0.3, -0.25) is 0 Å². The molecule has 2 N–H and O–H groups in total. The number of nitrogen functional groups attached to an aromatic ring is 1. The summed E-state index contributed by atoms with van der Waals surface area (Å²) in [6, 6.07) is 37.3. The van der Waals surface area contributed by atoms with E-state index < -0.39 is 0 Å². The van der Waals surface area contributed by atoms with Crippen LogP contribution in [0.2, 0.25) is 0 Å². The summed E-state index contributed by atoms with van der Waals surface area (Å²) >= 11 is 0. The third-order valence-electron chi connectivity index (χ3n) is 7.17. The zero-order valence-corrected chi connectivity index (χ0v) is 18.7. The smallest absolute Gasteiger partial charge is 0.0451 e. The number of hydrogen-bond acceptors (Lipinski definition) is 2. The molecule has 33 heavy (non-hydrogen) atoms. The molecule has 4 aromatic rings. The van der Waals surface area contributed by atoms with Crippen molar-refractivity contribution in [2.75, 3.05) is 10.6 Å². The number of fused-ring (bicyclic) bond motifs is 3. The molecule has 2 aliphatic rings. The van der Waals surface area contributed by atoms with Gasteiger partial charge in [-0.15, -0.1) is 0 Å². The molecular weight excluding hydrogens is 400 g/mol. The zero-order chi connectivity index (χ0) is 22.2. The summed E-state index contributed by atoms with van der Waals surface area (Å²) in [7, 11) is 0. The van der Waals surface area contributed by atoms with Crippen LogP contribution in [-0.4, -0.2) is 6.04 Å². The quantitative estimate of drug-likeness (QED) is 0.267. The molecule has 0 bridgehead atoms. The van der Waals surface area contributed by atoms with Crippen LogP contribution in [0.3, 0.4) is 0 Å². The first kappa shape index (κ1) is 19.9. The van der Waals surface area contributed by atoms with Gasteiger partial charge < -0.3 is 10.6 Å². The van der Waals surface area contributed by atoms with Crippen molar-refractivity contribution in [1.82, 2.24) is 0 Å². The van der Waals surface area contributed by atoms with E-state index in [1.807, 2.05) is 6.07 Å². The van der Waals surface area contributed by atoms with Crippen molar-refractivity contribution in [3.63, 3.8) is 0 Å². The Labute approximate surface area is 196 Å². The summed E-state index contributed by atoms with van der Waals surface area (Å²) < 4.78 is 0. The van der Waals surface area contributed by atoms with Crippen molar-refractivity contribution in [3.8, 4) is 0 Å². The molecule has 1 aliphatic heterocycles. The van der Waals surface area contributed by atoms with Crippen molar-refractivity contribution in [1.29, 1.82) is 0 Å². The molecule has 162 valence electrons. The van der Waals surface area contributed by atoms with Gasteiger partial charge in [0, 0.05) is 29.0 Å². The lowest BCUT2D eigenvalue weighted by molar-refractivity contribution is 0.642. The van der Waals surface area contributed by atoms with Gasteiger partial charge in [-0.25, -0.2) is 0 Å². The molecule has 0 radical (unpaired) electrons.